The molecule has 0 bridgehead atoms. The van der Waals surface area contributed by atoms with Crippen molar-refractivity contribution >= 4 is 6.03 Å². The number of hydrogen-bond donors (Lipinski definition) is 2. The molecule has 1 unspecified atom stereocenters. The van der Waals surface area contributed by atoms with E-state index in [9.17, 15) is 4.79 Å². The fourth-order valence-electron chi connectivity index (χ4n) is 1.87. The maximum absolute atomic E-state index is 11.6. The van der Waals surface area contributed by atoms with E-state index in [4.69, 9.17) is 5.11 Å². The summed E-state index contributed by atoms with van der Waals surface area (Å²) >= 11 is 0. The molecule has 6 heteroatoms. The van der Waals surface area contributed by atoms with Gasteiger partial charge in [-0.1, -0.05) is 6.92 Å². The van der Waals surface area contributed by atoms with Crippen molar-refractivity contribution in [1.82, 2.24) is 20.0 Å². The van der Waals surface area contributed by atoms with E-state index in [1.54, 1.807) is 7.05 Å². The normalized spacial score (nSPS) is 12.3. The molecule has 0 saturated carbocycles. The molecule has 1 aromatic heterocycles. The number of rotatable bonds is 6. The van der Waals surface area contributed by atoms with Crippen LogP contribution in [0.15, 0.2) is 6.07 Å². The molecule has 0 radical (unpaired) electrons. The van der Waals surface area contributed by atoms with Crippen LogP contribution < -0.4 is 5.32 Å². The van der Waals surface area contributed by atoms with Crippen LogP contribution in [0, 0.1) is 19.8 Å². The van der Waals surface area contributed by atoms with Crippen molar-refractivity contribution in [3.05, 3.63) is 17.5 Å². The molecule has 0 spiro atoms. The van der Waals surface area contributed by atoms with Crippen LogP contribution in [0.4, 0.5) is 4.79 Å². The Kier molecular flexibility index (Phi) is 5.82. The quantitative estimate of drug-likeness (QED) is 0.800. The third kappa shape index (κ3) is 4.90. The summed E-state index contributed by atoms with van der Waals surface area (Å²) in [6.45, 7) is 7.77. The Balaban J connectivity index is 2.37. The van der Waals surface area contributed by atoms with Gasteiger partial charge in [0.1, 0.15) is 0 Å². The fourth-order valence-corrected chi connectivity index (χ4v) is 1.87. The van der Waals surface area contributed by atoms with Gasteiger partial charge < -0.3 is 15.3 Å². The van der Waals surface area contributed by atoms with Crippen LogP contribution in [0.1, 0.15) is 18.3 Å². The maximum atomic E-state index is 11.6. The highest BCUT2D eigenvalue weighted by atomic mass is 16.3. The summed E-state index contributed by atoms with van der Waals surface area (Å²) in [4.78, 5) is 13.1. The number of aromatic nitrogens is 2. The van der Waals surface area contributed by atoms with E-state index in [0.717, 1.165) is 17.9 Å². The van der Waals surface area contributed by atoms with Gasteiger partial charge in [0.25, 0.3) is 0 Å². The van der Waals surface area contributed by atoms with Crippen molar-refractivity contribution in [1.29, 1.82) is 0 Å². The monoisotopic (exact) mass is 268 g/mol. The van der Waals surface area contributed by atoms with Crippen molar-refractivity contribution in [2.45, 2.75) is 27.3 Å². The van der Waals surface area contributed by atoms with Gasteiger partial charge in [0.05, 0.1) is 12.3 Å². The highest BCUT2D eigenvalue weighted by Crippen LogP contribution is 2.05. The van der Waals surface area contributed by atoms with Crippen LogP contribution in [-0.2, 0) is 6.54 Å². The SMILES string of the molecule is Cc1cc(C)n(CC(C)CNC(=O)N(C)CCO)n1. The van der Waals surface area contributed by atoms with Gasteiger partial charge in [-0.15, -0.1) is 0 Å². The highest BCUT2D eigenvalue weighted by Gasteiger charge is 2.11. The maximum Gasteiger partial charge on any atom is 0.317 e. The molecule has 0 aliphatic carbocycles. The van der Waals surface area contributed by atoms with Crippen LogP contribution in [-0.4, -0.2) is 52.6 Å². The number of nitrogens with zero attached hydrogens (tertiary/aromatic N) is 3. The van der Waals surface area contributed by atoms with E-state index in [-0.39, 0.29) is 12.6 Å². The van der Waals surface area contributed by atoms with Crippen molar-refractivity contribution < 1.29 is 9.90 Å². The van der Waals surface area contributed by atoms with Crippen LogP contribution in [0.2, 0.25) is 0 Å². The number of carbonyl (C=O) groups is 1. The number of nitrogens with one attached hydrogen (secondary N) is 1. The average molecular weight is 268 g/mol. The lowest BCUT2D eigenvalue weighted by Crippen LogP contribution is -2.41. The lowest BCUT2D eigenvalue weighted by molar-refractivity contribution is 0.188. The standard InChI is InChI=1S/C13H24N4O2/c1-10(8-14-13(19)16(4)5-6-18)9-17-12(3)7-11(2)15-17/h7,10,18H,5-6,8-9H2,1-4H3,(H,14,19). The molecule has 0 aliphatic rings. The Morgan fingerprint density at radius 3 is 2.79 bits per heavy atom. The van der Waals surface area contributed by atoms with Gasteiger partial charge in [0.2, 0.25) is 0 Å². The molecule has 1 atom stereocenters. The summed E-state index contributed by atoms with van der Waals surface area (Å²) in [6.07, 6.45) is 0. The molecule has 6 nitrogen and oxygen atoms in total. The first-order valence-electron chi connectivity index (χ1n) is 6.55. The molecule has 0 aromatic carbocycles. The van der Waals surface area contributed by atoms with Gasteiger partial charge in [-0.05, 0) is 25.8 Å². The summed E-state index contributed by atoms with van der Waals surface area (Å²) < 4.78 is 1.96. The predicted octanol–water partition coefficient (Wildman–Crippen LogP) is 0.770. The molecule has 0 aliphatic heterocycles. The molecule has 1 rings (SSSR count). The number of hydrogen-bond acceptors (Lipinski definition) is 3. The summed E-state index contributed by atoms with van der Waals surface area (Å²) in [5.74, 6) is 0.296. The molecule has 1 heterocycles. The molecule has 2 N–H and O–H groups in total. The first-order valence-corrected chi connectivity index (χ1v) is 6.55. The highest BCUT2D eigenvalue weighted by molar-refractivity contribution is 5.73. The van der Waals surface area contributed by atoms with Crippen molar-refractivity contribution in [2.75, 3.05) is 26.7 Å². The van der Waals surface area contributed by atoms with Gasteiger partial charge in [-0.3, -0.25) is 4.68 Å². The minimum Gasteiger partial charge on any atom is -0.395 e. The van der Waals surface area contributed by atoms with E-state index in [2.05, 4.69) is 17.3 Å². The molecular formula is C13H24N4O2. The van der Waals surface area contributed by atoms with Gasteiger partial charge in [0, 0.05) is 32.4 Å². The second-order valence-corrected chi connectivity index (χ2v) is 5.05. The number of likely N-dealkylation sites (N-methyl/N-ethyl adjacent to an activating group) is 1. The van der Waals surface area contributed by atoms with Crippen LogP contribution in [0.25, 0.3) is 0 Å². The van der Waals surface area contributed by atoms with Crippen LogP contribution >= 0.6 is 0 Å². The molecule has 1 aromatic rings. The molecular weight excluding hydrogens is 244 g/mol. The lowest BCUT2D eigenvalue weighted by Gasteiger charge is -2.19. The fraction of sp³-hybridized carbons (Fsp3) is 0.692. The number of urea groups is 1. The Hall–Kier alpha value is -1.56. The smallest absolute Gasteiger partial charge is 0.317 e. The summed E-state index contributed by atoms with van der Waals surface area (Å²) in [7, 11) is 1.66. The van der Waals surface area contributed by atoms with E-state index in [0.29, 0.717) is 19.0 Å². The number of carbonyl (C=O) groups excluding carboxylic acids is 1. The number of aryl methyl sites for hydroxylation is 2. The molecule has 0 saturated heterocycles. The molecule has 0 fully saturated rings. The number of aliphatic hydroxyl groups is 1. The van der Waals surface area contributed by atoms with Gasteiger partial charge in [0.15, 0.2) is 0 Å². The molecule has 2 amide bonds. The molecule has 108 valence electrons. The first-order chi connectivity index (χ1) is 8.93. The molecule has 19 heavy (non-hydrogen) atoms. The van der Waals surface area contributed by atoms with Gasteiger partial charge >= 0.3 is 6.03 Å². The largest absolute Gasteiger partial charge is 0.395 e. The minimum atomic E-state index is -0.158. The predicted molar refractivity (Wildman–Crippen MR) is 74.0 cm³/mol. The third-order valence-electron chi connectivity index (χ3n) is 2.97. The second-order valence-electron chi connectivity index (χ2n) is 5.05. The lowest BCUT2D eigenvalue weighted by atomic mass is 10.2. The van der Waals surface area contributed by atoms with E-state index < -0.39 is 0 Å². The summed E-state index contributed by atoms with van der Waals surface area (Å²) in [6, 6.07) is 1.88. The van der Waals surface area contributed by atoms with Crippen molar-refractivity contribution in [3.63, 3.8) is 0 Å². The Morgan fingerprint density at radius 2 is 2.26 bits per heavy atom. The topological polar surface area (TPSA) is 70.4 Å². The first kappa shape index (κ1) is 15.5. The Bertz CT molecular complexity index is 417. The third-order valence-corrected chi connectivity index (χ3v) is 2.97. The van der Waals surface area contributed by atoms with Crippen molar-refractivity contribution in [3.8, 4) is 0 Å². The summed E-state index contributed by atoms with van der Waals surface area (Å²) in [5.41, 5.74) is 2.14. The zero-order valence-corrected chi connectivity index (χ0v) is 12.2. The number of amides is 2. The minimum absolute atomic E-state index is 0.0226. The zero-order chi connectivity index (χ0) is 14.4. The van der Waals surface area contributed by atoms with Gasteiger partial charge in [-0.2, -0.15) is 5.10 Å². The van der Waals surface area contributed by atoms with E-state index in [1.807, 2.05) is 24.6 Å². The Labute approximate surface area is 114 Å². The number of aliphatic hydroxyl groups excluding tert-OH is 1. The van der Waals surface area contributed by atoms with E-state index >= 15 is 0 Å². The van der Waals surface area contributed by atoms with Gasteiger partial charge in [-0.25, -0.2) is 4.79 Å². The van der Waals surface area contributed by atoms with Crippen LogP contribution in [0.5, 0.6) is 0 Å². The zero-order valence-electron chi connectivity index (χ0n) is 12.2. The van der Waals surface area contributed by atoms with E-state index in [1.165, 1.54) is 4.90 Å². The Morgan fingerprint density at radius 1 is 1.58 bits per heavy atom. The second kappa shape index (κ2) is 7.13. The van der Waals surface area contributed by atoms with Crippen LogP contribution in [0.3, 0.4) is 0 Å². The average Bonchev–Trinajstić information content (AvgIpc) is 2.65. The summed E-state index contributed by atoms with van der Waals surface area (Å²) in [5, 5.41) is 16.0. The van der Waals surface area contributed by atoms with Crippen molar-refractivity contribution in [2.24, 2.45) is 5.92 Å².